The summed E-state index contributed by atoms with van der Waals surface area (Å²) >= 11 is 0. The van der Waals surface area contributed by atoms with Crippen molar-refractivity contribution in [3.05, 3.63) is 29.8 Å². The maximum atomic E-state index is 5.26. The van der Waals surface area contributed by atoms with E-state index >= 15 is 0 Å². The molecule has 1 heterocycles. The predicted molar refractivity (Wildman–Crippen MR) is 74.5 cm³/mol. The third kappa shape index (κ3) is 4.91. The number of para-hydroxylation sites is 1. The van der Waals surface area contributed by atoms with Crippen molar-refractivity contribution in [2.24, 2.45) is 10.1 Å². The van der Waals surface area contributed by atoms with Gasteiger partial charge in [-0.3, -0.25) is 10.4 Å². The van der Waals surface area contributed by atoms with E-state index in [-0.39, 0.29) is 12.4 Å². The first-order valence-electron chi connectivity index (χ1n) is 6.35. The van der Waals surface area contributed by atoms with Gasteiger partial charge in [-0.1, -0.05) is 18.6 Å². The molecule has 0 bridgehead atoms. The average molecular weight is 281 g/mol. The first-order chi connectivity index (χ1) is 8.90. The number of benzene rings is 1. The number of amidine groups is 1. The van der Waals surface area contributed by atoms with Gasteiger partial charge in [0.2, 0.25) is 0 Å². The molecule has 1 N–H and O–H groups in total. The van der Waals surface area contributed by atoms with Crippen molar-refractivity contribution in [1.29, 1.82) is 0 Å². The zero-order chi connectivity index (χ0) is 12.6. The van der Waals surface area contributed by atoms with Crippen LogP contribution in [0.1, 0.15) is 31.2 Å². The maximum absolute atomic E-state index is 5.26. The van der Waals surface area contributed by atoms with Gasteiger partial charge < -0.3 is 17.1 Å². The molecule has 0 spiro atoms. The van der Waals surface area contributed by atoms with E-state index in [1.807, 2.05) is 24.3 Å². The van der Waals surface area contributed by atoms with Crippen molar-refractivity contribution in [1.82, 2.24) is 5.43 Å². The maximum Gasteiger partial charge on any atom is 0.127 e. The number of rotatable bonds is 3. The van der Waals surface area contributed by atoms with E-state index in [0.717, 1.165) is 30.1 Å². The van der Waals surface area contributed by atoms with Gasteiger partial charge in [0.1, 0.15) is 11.6 Å². The second-order valence-electron chi connectivity index (χ2n) is 4.25. The molecule has 19 heavy (non-hydrogen) atoms. The Kier molecular flexibility index (Phi) is 6.97. The summed E-state index contributed by atoms with van der Waals surface area (Å²) in [6.07, 6.45) is 6.39. The van der Waals surface area contributed by atoms with Crippen molar-refractivity contribution >= 4 is 12.1 Å². The number of nitrogens with one attached hydrogen (secondary N) is 1. The van der Waals surface area contributed by atoms with E-state index in [2.05, 4.69) is 15.5 Å². The Labute approximate surface area is 120 Å². The molecule has 0 radical (unpaired) electrons. The quantitative estimate of drug-likeness (QED) is 0.605. The Balaban J connectivity index is 0.00000180. The summed E-state index contributed by atoms with van der Waals surface area (Å²) in [6, 6.07) is 7.80. The largest absolute Gasteiger partial charge is 1.00 e. The molecule has 0 saturated carbocycles. The monoisotopic (exact) mass is 280 g/mol. The number of halogens is 1. The molecule has 4 nitrogen and oxygen atoms in total. The van der Waals surface area contributed by atoms with E-state index in [9.17, 15) is 0 Å². The Bertz CT molecular complexity index is 446. The first kappa shape index (κ1) is 15.5. The number of ether oxygens (including phenoxy) is 1. The summed E-state index contributed by atoms with van der Waals surface area (Å²) in [4.78, 5) is 4.46. The normalized spacial score (nSPS) is 15.3. The van der Waals surface area contributed by atoms with Crippen LogP contribution in [0.4, 0.5) is 0 Å². The topological polar surface area (TPSA) is 46.0 Å². The van der Waals surface area contributed by atoms with E-state index in [0.29, 0.717) is 0 Å². The van der Waals surface area contributed by atoms with Crippen molar-refractivity contribution in [2.75, 3.05) is 13.7 Å². The lowest BCUT2D eigenvalue weighted by molar-refractivity contribution is -0.00000409. The average Bonchev–Trinajstić information content (AvgIpc) is 2.68. The fourth-order valence-corrected chi connectivity index (χ4v) is 1.91. The molecule has 5 heteroatoms. The van der Waals surface area contributed by atoms with Gasteiger partial charge in [0.25, 0.3) is 0 Å². The Morgan fingerprint density at radius 3 is 2.95 bits per heavy atom. The fraction of sp³-hybridized carbons (Fsp3) is 0.429. The second kappa shape index (κ2) is 8.53. The minimum atomic E-state index is 0. The Morgan fingerprint density at radius 2 is 2.11 bits per heavy atom. The van der Waals surface area contributed by atoms with Crippen molar-refractivity contribution < 1.29 is 17.1 Å². The zero-order valence-corrected chi connectivity index (χ0v) is 11.9. The number of hydrogen-bond acceptors (Lipinski definition) is 4. The standard InChI is InChI=1S/C14H19N3O.ClH/c1-18-13-8-5-4-7-12(13)11-16-17-14-9-3-2-6-10-15-14;/h4-5,7-8,11H,2-3,6,9-10H2,1H3,(H,15,17);1H/p-1/b16-11+;. The van der Waals surface area contributed by atoms with Crippen LogP contribution in [0, 0.1) is 0 Å². The summed E-state index contributed by atoms with van der Waals surface area (Å²) in [5.41, 5.74) is 3.99. The van der Waals surface area contributed by atoms with Crippen LogP contribution < -0.4 is 22.6 Å². The van der Waals surface area contributed by atoms with Crippen LogP contribution >= 0.6 is 0 Å². The predicted octanol–water partition coefficient (Wildman–Crippen LogP) is -0.405. The molecular formula is C14H19ClN3O-. The highest BCUT2D eigenvalue weighted by atomic mass is 35.5. The van der Waals surface area contributed by atoms with Gasteiger partial charge in [-0.25, -0.2) is 0 Å². The molecule has 1 aliphatic heterocycles. The van der Waals surface area contributed by atoms with Gasteiger partial charge in [0.15, 0.2) is 0 Å². The molecule has 0 aliphatic carbocycles. The Hall–Kier alpha value is -1.55. The van der Waals surface area contributed by atoms with Crippen LogP contribution in [0.3, 0.4) is 0 Å². The molecule has 0 atom stereocenters. The number of hydrazone groups is 1. The number of hydrogen-bond donors (Lipinski definition) is 1. The van der Waals surface area contributed by atoms with Gasteiger partial charge >= 0.3 is 0 Å². The lowest BCUT2D eigenvalue weighted by Gasteiger charge is -2.04. The van der Waals surface area contributed by atoms with E-state index < -0.39 is 0 Å². The third-order valence-corrected chi connectivity index (χ3v) is 2.91. The van der Waals surface area contributed by atoms with E-state index in [1.165, 1.54) is 19.3 Å². The minimum Gasteiger partial charge on any atom is -1.00 e. The molecule has 0 fully saturated rings. The molecule has 0 saturated heterocycles. The summed E-state index contributed by atoms with van der Waals surface area (Å²) < 4.78 is 5.26. The molecule has 0 amide bonds. The van der Waals surface area contributed by atoms with Crippen LogP contribution in [-0.2, 0) is 0 Å². The van der Waals surface area contributed by atoms with Crippen LogP contribution in [0.5, 0.6) is 5.75 Å². The summed E-state index contributed by atoms with van der Waals surface area (Å²) in [5, 5.41) is 4.23. The van der Waals surface area contributed by atoms with Crippen LogP contribution in [0.15, 0.2) is 34.4 Å². The first-order valence-corrected chi connectivity index (χ1v) is 6.35. The summed E-state index contributed by atoms with van der Waals surface area (Å²) in [6.45, 7) is 0.909. The lowest BCUT2D eigenvalue weighted by Crippen LogP contribution is -3.00. The van der Waals surface area contributed by atoms with Gasteiger partial charge in [-0.2, -0.15) is 5.10 Å². The fourth-order valence-electron chi connectivity index (χ4n) is 1.91. The molecule has 1 aliphatic rings. The lowest BCUT2D eigenvalue weighted by atomic mass is 10.2. The van der Waals surface area contributed by atoms with Gasteiger partial charge in [0, 0.05) is 18.5 Å². The Morgan fingerprint density at radius 1 is 1.26 bits per heavy atom. The molecule has 0 unspecified atom stereocenters. The van der Waals surface area contributed by atoms with Crippen LogP contribution in [0.2, 0.25) is 0 Å². The van der Waals surface area contributed by atoms with E-state index in [1.54, 1.807) is 13.3 Å². The second-order valence-corrected chi connectivity index (χ2v) is 4.25. The molecule has 0 aromatic heterocycles. The molecule has 1 aromatic rings. The highest BCUT2D eigenvalue weighted by molar-refractivity contribution is 5.86. The van der Waals surface area contributed by atoms with Gasteiger partial charge in [0.05, 0.1) is 13.3 Å². The number of aliphatic imine (C=N–C) groups is 1. The number of nitrogens with zero attached hydrogens (tertiary/aromatic N) is 2. The third-order valence-electron chi connectivity index (χ3n) is 2.91. The van der Waals surface area contributed by atoms with Gasteiger partial charge in [-0.15, -0.1) is 0 Å². The highest BCUT2D eigenvalue weighted by Crippen LogP contribution is 2.14. The van der Waals surface area contributed by atoms with Crippen molar-refractivity contribution in [2.45, 2.75) is 25.7 Å². The summed E-state index contributed by atoms with van der Waals surface area (Å²) in [5.74, 6) is 1.81. The smallest absolute Gasteiger partial charge is 0.127 e. The zero-order valence-electron chi connectivity index (χ0n) is 11.1. The van der Waals surface area contributed by atoms with Gasteiger partial charge in [-0.05, 0) is 25.0 Å². The van der Waals surface area contributed by atoms with Crippen molar-refractivity contribution in [3.8, 4) is 5.75 Å². The highest BCUT2D eigenvalue weighted by Gasteiger charge is 2.02. The summed E-state index contributed by atoms with van der Waals surface area (Å²) in [7, 11) is 1.66. The number of methoxy groups -OCH3 is 1. The SMILES string of the molecule is COc1ccccc1/C=N/NC1=NCCCCC1.[Cl-]. The molecule has 104 valence electrons. The molecule has 2 rings (SSSR count). The van der Waals surface area contributed by atoms with Crippen molar-refractivity contribution in [3.63, 3.8) is 0 Å². The van der Waals surface area contributed by atoms with Crippen LogP contribution in [0.25, 0.3) is 0 Å². The van der Waals surface area contributed by atoms with E-state index in [4.69, 9.17) is 4.74 Å². The minimum absolute atomic E-state index is 0. The molecule has 1 aromatic carbocycles. The molecular weight excluding hydrogens is 262 g/mol. The van der Waals surface area contributed by atoms with Crippen LogP contribution in [-0.4, -0.2) is 25.7 Å².